The van der Waals surface area contributed by atoms with Crippen LogP contribution in [0.5, 0.6) is 11.5 Å². The smallest absolute Gasteiger partial charge is 0.231 e. The highest BCUT2D eigenvalue weighted by molar-refractivity contribution is 5.88. The molecule has 2 aliphatic rings. The van der Waals surface area contributed by atoms with E-state index in [2.05, 4.69) is 37.2 Å². The molecular weight excluding hydrogens is 334 g/mol. The predicted molar refractivity (Wildman–Crippen MR) is 96.4 cm³/mol. The molecule has 1 aromatic heterocycles. The number of nitrogens with one attached hydrogen (secondary N) is 1. The van der Waals surface area contributed by atoms with E-state index < -0.39 is 0 Å². The number of hydrogen-bond acceptors (Lipinski definition) is 7. The number of amides is 1. The highest BCUT2D eigenvalue weighted by Gasteiger charge is 2.20. The Morgan fingerprint density at radius 1 is 1.12 bits per heavy atom. The Morgan fingerprint density at radius 2 is 1.85 bits per heavy atom. The molecule has 0 spiro atoms. The summed E-state index contributed by atoms with van der Waals surface area (Å²) >= 11 is 0. The maximum atomic E-state index is 11.1. The van der Waals surface area contributed by atoms with Crippen molar-refractivity contribution in [1.82, 2.24) is 14.9 Å². The molecular formula is C18H21N5O3. The molecule has 1 fully saturated rings. The van der Waals surface area contributed by atoms with Gasteiger partial charge in [-0.2, -0.15) is 0 Å². The van der Waals surface area contributed by atoms with Crippen molar-refractivity contribution in [2.24, 2.45) is 0 Å². The quantitative estimate of drug-likeness (QED) is 0.890. The molecule has 3 heterocycles. The average molecular weight is 355 g/mol. The lowest BCUT2D eigenvalue weighted by atomic mass is 10.1. The first-order valence-corrected chi connectivity index (χ1v) is 8.63. The van der Waals surface area contributed by atoms with E-state index in [1.165, 1.54) is 12.5 Å². The van der Waals surface area contributed by atoms with E-state index in [1.54, 1.807) is 12.4 Å². The SMILES string of the molecule is CC(=O)Nc1cnc(N2CCN(Cc3ccc4c(c3)OCO4)CC2)nc1. The number of carbonyl (C=O) groups is 1. The number of benzene rings is 1. The molecule has 1 aromatic carbocycles. The second kappa shape index (κ2) is 7.17. The number of fused-ring (bicyclic) bond motifs is 1. The van der Waals surface area contributed by atoms with Crippen LogP contribution in [-0.4, -0.2) is 53.7 Å². The number of aromatic nitrogens is 2. The van der Waals surface area contributed by atoms with Crippen molar-refractivity contribution in [2.75, 3.05) is 43.2 Å². The molecule has 8 nitrogen and oxygen atoms in total. The van der Waals surface area contributed by atoms with Gasteiger partial charge in [0.25, 0.3) is 0 Å². The molecule has 0 bridgehead atoms. The lowest BCUT2D eigenvalue weighted by Crippen LogP contribution is -2.46. The number of nitrogens with zero attached hydrogens (tertiary/aromatic N) is 4. The van der Waals surface area contributed by atoms with Crippen LogP contribution in [0.1, 0.15) is 12.5 Å². The fraction of sp³-hybridized carbons (Fsp3) is 0.389. The molecule has 136 valence electrons. The summed E-state index contributed by atoms with van der Waals surface area (Å²) < 4.78 is 10.8. The minimum Gasteiger partial charge on any atom is -0.454 e. The largest absolute Gasteiger partial charge is 0.454 e. The van der Waals surface area contributed by atoms with Crippen molar-refractivity contribution in [1.29, 1.82) is 0 Å². The fourth-order valence-corrected chi connectivity index (χ4v) is 3.16. The Balaban J connectivity index is 1.32. The topological polar surface area (TPSA) is 79.8 Å². The molecule has 0 unspecified atom stereocenters. The van der Waals surface area contributed by atoms with Gasteiger partial charge in [0.1, 0.15) is 0 Å². The third-order valence-corrected chi connectivity index (χ3v) is 4.46. The summed E-state index contributed by atoms with van der Waals surface area (Å²) in [6, 6.07) is 6.11. The van der Waals surface area contributed by atoms with Crippen molar-refractivity contribution in [3.05, 3.63) is 36.2 Å². The number of anilines is 2. The second-order valence-corrected chi connectivity index (χ2v) is 6.40. The number of piperazine rings is 1. The maximum absolute atomic E-state index is 11.1. The Hall–Kier alpha value is -2.87. The van der Waals surface area contributed by atoms with Crippen LogP contribution in [0, 0.1) is 0 Å². The highest BCUT2D eigenvalue weighted by atomic mass is 16.7. The lowest BCUT2D eigenvalue weighted by Gasteiger charge is -2.34. The summed E-state index contributed by atoms with van der Waals surface area (Å²) in [4.78, 5) is 24.3. The summed E-state index contributed by atoms with van der Waals surface area (Å²) in [5.41, 5.74) is 1.83. The molecule has 26 heavy (non-hydrogen) atoms. The maximum Gasteiger partial charge on any atom is 0.231 e. The number of rotatable bonds is 4. The minimum absolute atomic E-state index is 0.126. The van der Waals surface area contributed by atoms with Gasteiger partial charge in [-0.25, -0.2) is 9.97 Å². The van der Waals surface area contributed by atoms with Crippen LogP contribution >= 0.6 is 0 Å². The molecule has 0 radical (unpaired) electrons. The monoisotopic (exact) mass is 355 g/mol. The van der Waals surface area contributed by atoms with Gasteiger partial charge in [-0.1, -0.05) is 6.07 Å². The predicted octanol–water partition coefficient (Wildman–Crippen LogP) is 1.49. The molecule has 2 aromatic rings. The molecule has 8 heteroatoms. The van der Waals surface area contributed by atoms with Gasteiger partial charge in [0.15, 0.2) is 11.5 Å². The summed E-state index contributed by atoms with van der Waals surface area (Å²) in [5, 5.41) is 2.68. The Bertz CT molecular complexity index is 788. The highest BCUT2D eigenvalue weighted by Crippen LogP contribution is 2.32. The molecule has 0 atom stereocenters. The number of hydrogen-bond donors (Lipinski definition) is 1. The van der Waals surface area contributed by atoms with E-state index >= 15 is 0 Å². The van der Waals surface area contributed by atoms with Gasteiger partial charge in [-0.15, -0.1) is 0 Å². The first-order valence-electron chi connectivity index (χ1n) is 8.63. The van der Waals surface area contributed by atoms with E-state index in [1.807, 2.05) is 6.07 Å². The van der Waals surface area contributed by atoms with Crippen molar-refractivity contribution >= 4 is 17.5 Å². The van der Waals surface area contributed by atoms with E-state index in [4.69, 9.17) is 9.47 Å². The van der Waals surface area contributed by atoms with Gasteiger partial charge < -0.3 is 19.7 Å². The van der Waals surface area contributed by atoms with Crippen LogP contribution in [-0.2, 0) is 11.3 Å². The van der Waals surface area contributed by atoms with E-state index in [0.29, 0.717) is 18.4 Å². The second-order valence-electron chi connectivity index (χ2n) is 6.40. The van der Waals surface area contributed by atoms with E-state index in [-0.39, 0.29) is 5.91 Å². The Morgan fingerprint density at radius 3 is 2.58 bits per heavy atom. The fourth-order valence-electron chi connectivity index (χ4n) is 3.16. The average Bonchev–Trinajstić information content (AvgIpc) is 3.10. The minimum atomic E-state index is -0.126. The lowest BCUT2D eigenvalue weighted by molar-refractivity contribution is -0.114. The van der Waals surface area contributed by atoms with Crippen LogP contribution in [0.3, 0.4) is 0 Å². The zero-order valence-electron chi connectivity index (χ0n) is 14.6. The molecule has 1 N–H and O–H groups in total. The first kappa shape index (κ1) is 16.6. The molecule has 0 saturated carbocycles. The van der Waals surface area contributed by atoms with Crippen molar-refractivity contribution < 1.29 is 14.3 Å². The molecule has 1 amide bonds. The van der Waals surface area contributed by atoms with Crippen LogP contribution in [0.2, 0.25) is 0 Å². The summed E-state index contributed by atoms with van der Waals surface area (Å²) in [7, 11) is 0. The first-order chi connectivity index (χ1) is 12.7. The van der Waals surface area contributed by atoms with E-state index in [9.17, 15) is 4.79 Å². The van der Waals surface area contributed by atoms with Crippen molar-refractivity contribution in [3.63, 3.8) is 0 Å². The van der Waals surface area contributed by atoms with Gasteiger partial charge in [-0.05, 0) is 17.7 Å². The van der Waals surface area contributed by atoms with Crippen LogP contribution in [0.25, 0.3) is 0 Å². The summed E-state index contributed by atoms with van der Waals surface area (Å²) in [5.74, 6) is 2.22. The third-order valence-electron chi connectivity index (χ3n) is 4.46. The van der Waals surface area contributed by atoms with Crippen LogP contribution < -0.4 is 19.7 Å². The van der Waals surface area contributed by atoms with Gasteiger partial charge in [0, 0.05) is 39.6 Å². The number of ether oxygens (including phenoxy) is 2. The zero-order chi connectivity index (χ0) is 17.9. The summed E-state index contributed by atoms with van der Waals surface area (Å²) in [6.45, 7) is 6.25. The van der Waals surface area contributed by atoms with Crippen molar-refractivity contribution in [2.45, 2.75) is 13.5 Å². The van der Waals surface area contributed by atoms with Crippen LogP contribution in [0.4, 0.5) is 11.6 Å². The van der Waals surface area contributed by atoms with Gasteiger partial charge in [0.2, 0.25) is 18.6 Å². The van der Waals surface area contributed by atoms with Gasteiger partial charge in [-0.3, -0.25) is 9.69 Å². The molecule has 0 aliphatic carbocycles. The normalized spacial score (nSPS) is 16.6. The third kappa shape index (κ3) is 3.70. The molecule has 1 saturated heterocycles. The Kier molecular flexibility index (Phi) is 4.57. The number of carbonyl (C=O) groups excluding carboxylic acids is 1. The van der Waals surface area contributed by atoms with E-state index in [0.717, 1.165) is 44.2 Å². The zero-order valence-corrected chi connectivity index (χ0v) is 14.6. The summed E-state index contributed by atoms with van der Waals surface area (Å²) in [6.07, 6.45) is 3.28. The van der Waals surface area contributed by atoms with Gasteiger partial charge in [0.05, 0.1) is 18.1 Å². The van der Waals surface area contributed by atoms with Crippen molar-refractivity contribution in [3.8, 4) is 11.5 Å². The molecule has 2 aliphatic heterocycles. The van der Waals surface area contributed by atoms with Gasteiger partial charge >= 0.3 is 0 Å². The molecule has 4 rings (SSSR count). The standard InChI is InChI=1S/C18H21N5O3/c1-13(24)21-15-9-19-18(20-10-15)23-6-4-22(5-7-23)11-14-2-3-16-17(8-14)26-12-25-16/h2-3,8-10H,4-7,11-12H2,1H3,(H,21,24). The Labute approximate surface area is 151 Å². The van der Waals surface area contributed by atoms with Crippen LogP contribution in [0.15, 0.2) is 30.6 Å².